The summed E-state index contributed by atoms with van der Waals surface area (Å²) in [5, 5.41) is 3.83. The molecule has 0 aliphatic rings. The fourth-order valence-corrected chi connectivity index (χ4v) is 1.54. The molecule has 7 heteroatoms. The second-order valence-corrected chi connectivity index (χ2v) is 3.81. The molecule has 0 N–H and O–H groups in total. The van der Waals surface area contributed by atoms with Crippen LogP contribution in [0.5, 0.6) is 5.75 Å². The monoisotopic (exact) mass is 270 g/mol. The van der Waals surface area contributed by atoms with Gasteiger partial charge in [-0.1, -0.05) is 12.1 Å². The van der Waals surface area contributed by atoms with Crippen molar-refractivity contribution in [3.63, 3.8) is 0 Å². The third kappa shape index (κ3) is 3.34. The number of benzene rings is 1. The van der Waals surface area contributed by atoms with Crippen molar-refractivity contribution in [1.29, 1.82) is 0 Å². The molecule has 1 aromatic heterocycles. The van der Waals surface area contributed by atoms with Crippen LogP contribution in [0.25, 0.3) is 0 Å². The Morgan fingerprint density at radius 1 is 1.32 bits per heavy atom. The highest BCUT2D eigenvalue weighted by Gasteiger charge is 2.31. The zero-order chi connectivity index (χ0) is 14.0. The maximum absolute atomic E-state index is 12.1. The van der Waals surface area contributed by atoms with E-state index in [4.69, 9.17) is 0 Å². The highest BCUT2D eigenvalue weighted by atomic mass is 19.4. The topological polar surface area (TPSA) is 44.1 Å². The van der Waals surface area contributed by atoms with E-state index in [0.717, 1.165) is 12.1 Å². The Bertz CT molecular complexity index is 605. The standard InChI is InChI=1S/C12H9F3N2O2/c1-17-7-9(6-16-17)11(18)8-3-2-4-10(5-8)19-12(13,14)15/h2-7H,1H3. The molecule has 0 saturated heterocycles. The Labute approximate surface area is 106 Å². The van der Waals surface area contributed by atoms with Gasteiger partial charge in [-0.15, -0.1) is 13.2 Å². The van der Waals surface area contributed by atoms with E-state index in [2.05, 4.69) is 9.84 Å². The molecule has 19 heavy (non-hydrogen) atoms. The summed E-state index contributed by atoms with van der Waals surface area (Å²) in [6.07, 6.45) is -1.95. The predicted molar refractivity (Wildman–Crippen MR) is 59.8 cm³/mol. The molecule has 0 fully saturated rings. The summed E-state index contributed by atoms with van der Waals surface area (Å²) in [6.45, 7) is 0. The van der Waals surface area contributed by atoms with E-state index in [1.807, 2.05) is 0 Å². The van der Waals surface area contributed by atoms with Gasteiger partial charge in [-0.05, 0) is 12.1 Å². The van der Waals surface area contributed by atoms with E-state index in [0.29, 0.717) is 5.56 Å². The molecule has 0 radical (unpaired) electrons. The molecule has 4 nitrogen and oxygen atoms in total. The summed E-state index contributed by atoms with van der Waals surface area (Å²) in [4.78, 5) is 12.0. The third-order valence-corrected chi connectivity index (χ3v) is 2.30. The van der Waals surface area contributed by atoms with Crippen molar-refractivity contribution in [2.45, 2.75) is 6.36 Å². The SMILES string of the molecule is Cn1cc(C(=O)c2cccc(OC(F)(F)F)c2)cn1. The van der Waals surface area contributed by atoms with Gasteiger partial charge < -0.3 is 4.74 Å². The van der Waals surface area contributed by atoms with Gasteiger partial charge in [0.2, 0.25) is 0 Å². The molecular formula is C12H9F3N2O2. The van der Waals surface area contributed by atoms with Gasteiger partial charge in [-0.25, -0.2) is 0 Å². The van der Waals surface area contributed by atoms with Gasteiger partial charge in [0.25, 0.3) is 0 Å². The predicted octanol–water partition coefficient (Wildman–Crippen LogP) is 2.55. The number of ketones is 1. The van der Waals surface area contributed by atoms with E-state index >= 15 is 0 Å². The number of carbonyl (C=O) groups excluding carboxylic acids is 1. The average molecular weight is 270 g/mol. The number of aryl methyl sites for hydroxylation is 1. The number of halogens is 3. The van der Waals surface area contributed by atoms with Gasteiger partial charge in [0, 0.05) is 18.8 Å². The first-order chi connectivity index (χ1) is 8.85. The Morgan fingerprint density at radius 3 is 2.63 bits per heavy atom. The van der Waals surface area contributed by atoms with Crippen LogP contribution in [0.15, 0.2) is 36.7 Å². The molecule has 0 amide bonds. The Hall–Kier alpha value is -2.31. The van der Waals surface area contributed by atoms with Crippen molar-refractivity contribution < 1.29 is 22.7 Å². The van der Waals surface area contributed by atoms with Crippen LogP contribution in [0.2, 0.25) is 0 Å². The third-order valence-electron chi connectivity index (χ3n) is 2.30. The first-order valence-corrected chi connectivity index (χ1v) is 5.24. The smallest absolute Gasteiger partial charge is 0.406 e. The molecule has 0 atom stereocenters. The molecule has 100 valence electrons. The van der Waals surface area contributed by atoms with Gasteiger partial charge in [0.05, 0.1) is 11.8 Å². The second-order valence-electron chi connectivity index (χ2n) is 3.81. The van der Waals surface area contributed by atoms with Crippen molar-refractivity contribution in [2.24, 2.45) is 7.05 Å². The average Bonchev–Trinajstić information content (AvgIpc) is 2.73. The van der Waals surface area contributed by atoms with E-state index in [-0.39, 0.29) is 5.56 Å². The van der Waals surface area contributed by atoms with Crippen LogP contribution < -0.4 is 4.74 Å². The van der Waals surface area contributed by atoms with Gasteiger partial charge in [0.1, 0.15) is 5.75 Å². The van der Waals surface area contributed by atoms with Gasteiger partial charge in [-0.2, -0.15) is 5.10 Å². The number of carbonyl (C=O) groups is 1. The van der Waals surface area contributed by atoms with E-state index in [1.54, 1.807) is 7.05 Å². The lowest BCUT2D eigenvalue weighted by atomic mass is 10.1. The molecule has 0 unspecified atom stereocenters. The molecule has 1 aromatic carbocycles. The van der Waals surface area contributed by atoms with Crippen LogP contribution in [0.4, 0.5) is 13.2 Å². The fourth-order valence-electron chi connectivity index (χ4n) is 1.54. The summed E-state index contributed by atoms with van der Waals surface area (Å²) >= 11 is 0. The maximum Gasteiger partial charge on any atom is 0.573 e. The summed E-state index contributed by atoms with van der Waals surface area (Å²) in [5.41, 5.74) is 0.404. The van der Waals surface area contributed by atoms with Gasteiger partial charge >= 0.3 is 6.36 Å². The largest absolute Gasteiger partial charge is 0.573 e. The van der Waals surface area contributed by atoms with Gasteiger partial charge in [-0.3, -0.25) is 9.48 Å². The summed E-state index contributed by atoms with van der Waals surface area (Å²) < 4.78 is 41.4. The Balaban J connectivity index is 2.26. The van der Waals surface area contributed by atoms with Crippen molar-refractivity contribution in [3.05, 3.63) is 47.8 Å². The highest BCUT2D eigenvalue weighted by molar-refractivity contribution is 6.08. The van der Waals surface area contributed by atoms with E-state index in [1.165, 1.54) is 29.2 Å². The number of alkyl halides is 3. The molecule has 2 rings (SSSR count). The van der Waals surface area contributed by atoms with Crippen molar-refractivity contribution in [1.82, 2.24) is 9.78 Å². The Kier molecular flexibility index (Phi) is 3.28. The summed E-state index contributed by atoms with van der Waals surface area (Å²) in [6, 6.07) is 4.92. The number of ether oxygens (including phenoxy) is 1. The van der Waals surface area contributed by atoms with Crippen molar-refractivity contribution >= 4 is 5.78 Å². The molecule has 2 aromatic rings. The lowest BCUT2D eigenvalue weighted by molar-refractivity contribution is -0.274. The molecule has 1 heterocycles. The maximum atomic E-state index is 12.1. The Morgan fingerprint density at radius 2 is 2.05 bits per heavy atom. The van der Waals surface area contributed by atoms with Crippen LogP contribution in [0, 0.1) is 0 Å². The molecule has 0 bridgehead atoms. The molecule has 0 saturated carbocycles. The fraction of sp³-hybridized carbons (Fsp3) is 0.167. The second kappa shape index (κ2) is 4.75. The number of hydrogen-bond acceptors (Lipinski definition) is 3. The first-order valence-electron chi connectivity index (χ1n) is 5.24. The quantitative estimate of drug-likeness (QED) is 0.805. The lowest BCUT2D eigenvalue weighted by Crippen LogP contribution is -2.17. The van der Waals surface area contributed by atoms with Crippen molar-refractivity contribution in [3.8, 4) is 5.75 Å². The van der Waals surface area contributed by atoms with E-state index in [9.17, 15) is 18.0 Å². The summed E-state index contributed by atoms with van der Waals surface area (Å²) in [5.74, 6) is -0.844. The van der Waals surface area contributed by atoms with Crippen LogP contribution in [-0.4, -0.2) is 21.9 Å². The van der Waals surface area contributed by atoms with Crippen LogP contribution >= 0.6 is 0 Å². The lowest BCUT2D eigenvalue weighted by Gasteiger charge is -2.09. The highest BCUT2D eigenvalue weighted by Crippen LogP contribution is 2.24. The summed E-state index contributed by atoms with van der Waals surface area (Å²) in [7, 11) is 1.64. The minimum atomic E-state index is -4.78. The van der Waals surface area contributed by atoms with Crippen LogP contribution in [0.3, 0.4) is 0 Å². The molecule has 0 aliphatic heterocycles. The minimum Gasteiger partial charge on any atom is -0.406 e. The van der Waals surface area contributed by atoms with Crippen LogP contribution in [0.1, 0.15) is 15.9 Å². The molecular weight excluding hydrogens is 261 g/mol. The zero-order valence-electron chi connectivity index (χ0n) is 9.81. The number of hydrogen-bond donors (Lipinski definition) is 0. The van der Waals surface area contributed by atoms with Crippen LogP contribution in [-0.2, 0) is 7.05 Å². The number of rotatable bonds is 3. The normalized spacial score (nSPS) is 11.4. The first kappa shape index (κ1) is 13.1. The van der Waals surface area contributed by atoms with E-state index < -0.39 is 17.9 Å². The molecule has 0 aliphatic carbocycles. The number of nitrogens with zero attached hydrogens (tertiary/aromatic N) is 2. The number of aromatic nitrogens is 2. The van der Waals surface area contributed by atoms with Crippen molar-refractivity contribution in [2.75, 3.05) is 0 Å². The minimum absolute atomic E-state index is 0.106. The van der Waals surface area contributed by atoms with Gasteiger partial charge in [0.15, 0.2) is 5.78 Å². The molecule has 0 spiro atoms. The zero-order valence-corrected chi connectivity index (χ0v) is 9.81.